The molecule has 0 heterocycles. The lowest BCUT2D eigenvalue weighted by atomic mass is 9.97. The van der Waals surface area contributed by atoms with Gasteiger partial charge in [-0.25, -0.2) is 25.3 Å². The number of carbonyl (C=O) groups is 1. The maximum absolute atomic E-state index is 12.2. The first-order valence-electron chi connectivity index (χ1n) is 4.37. The molecule has 1 rings (SSSR count). The lowest BCUT2D eigenvalue weighted by Gasteiger charge is -2.20. The molecule has 0 unspecified atom stereocenters. The summed E-state index contributed by atoms with van der Waals surface area (Å²) in [6, 6.07) is -0.602. The van der Waals surface area contributed by atoms with Crippen molar-refractivity contribution in [1.82, 2.24) is 10.9 Å². The molecule has 14 heavy (non-hydrogen) atoms. The van der Waals surface area contributed by atoms with Crippen LogP contribution in [0.15, 0.2) is 0 Å². The van der Waals surface area contributed by atoms with Gasteiger partial charge in [0.15, 0.2) is 0 Å². The Morgan fingerprint density at radius 2 is 1.50 bits per heavy atom. The second kappa shape index (κ2) is 6.50. The number of halogens is 2. The molecule has 84 valence electrons. The van der Waals surface area contributed by atoms with Gasteiger partial charge in [0.1, 0.15) is 0 Å². The van der Waals surface area contributed by atoms with E-state index in [1.807, 2.05) is 0 Å². The minimum Gasteiger partial charge on any atom is -0.275 e. The number of hydrazine groups is 2. The van der Waals surface area contributed by atoms with E-state index in [-0.39, 0.29) is 12.8 Å². The van der Waals surface area contributed by atoms with Crippen LogP contribution in [0.4, 0.5) is 13.6 Å². The van der Waals surface area contributed by atoms with Crippen LogP contribution < -0.4 is 22.5 Å². The van der Waals surface area contributed by atoms with Gasteiger partial charge in [-0.1, -0.05) is 6.42 Å². The molecule has 0 bridgehead atoms. The highest BCUT2D eigenvalue weighted by Gasteiger charge is 2.30. The summed E-state index contributed by atoms with van der Waals surface area (Å²) >= 11 is 0. The number of nitrogens with one attached hydrogen (secondary N) is 2. The van der Waals surface area contributed by atoms with Crippen LogP contribution >= 0.6 is 0 Å². The van der Waals surface area contributed by atoms with Crippen molar-refractivity contribution in [2.45, 2.75) is 38.0 Å². The summed E-state index contributed by atoms with van der Waals surface area (Å²) < 4.78 is 24.4. The van der Waals surface area contributed by atoms with Gasteiger partial charge in [0.25, 0.3) is 0 Å². The van der Waals surface area contributed by atoms with Gasteiger partial charge in [-0.2, -0.15) is 0 Å². The molecule has 1 saturated carbocycles. The molecule has 0 atom stereocenters. The third-order valence-corrected chi connectivity index (χ3v) is 1.85. The molecule has 0 radical (unpaired) electrons. The van der Waals surface area contributed by atoms with E-state index in [0.29, 0.717) is 12.8 Å². The van der Waals surface area contributed by atoms with Gasteiger partial charge in [-0.05, 0) is 12.8 Å². The first-order chi connectivity index (χ1) is 6.52. The average Bonchev–Trinajstić information content (AvgIpc) is 2.17. The summed E-state index contributed by atoms with van der Waals surface area (Å²) in [6.45, 7) is 0. The topological polar surface area (TPSA) is 93.2 Å². The quantitative estimate of drug-likeness (QED) is 0.268. The number of hydrogen-bond donors (Lipinski definition) is 4. The van der Waals surface area contributed by atoms with Gasteiger partial charge in [-0.15, -0.1) is 0 Å². The zero-order valence-corrected chi connectivity index (χ0v) is 7.85. The van der Waals surface area contributed by atoms with Crippen molar-refractivity contribution in [3.63, 3.8) is 0 Å². The van der Waals surface area contributed by atoms with Crippen molar-refractivity contribution in [3.8, 4) is 0 Å². The van der Waals surface area contributed by atoms with Gasteiger partial charge >= 0.3 is 6.03 Å². The highest BCUT2D eigenvalue weighted by molar-refractivity contribution is 5.72. The Balaban J connectivity index is 0.000000255. The Bertz CT molecular complexity index is 163. The Kier molecular flexibility index (Phi) is 6.06. The van der Waals surface area contributed by atoms with Crippen molar-refractivity contribution in [3.05, 3.63) is 0 Å². The van der Waals surface area contributed by atoms with E-state index in [2.05, 4.69) is 11.7 Å². The van der Waals surface area contributed by atoms with Gasteiger partial charge in [0.05, 0.1) is 0 Å². The molecule has 7 heteroatoms. The van der Waals surface area contributed by atoms with Crippen LogP contribution in [-0.4, -0.2) is 12.0 Å². The minimum absolute atomic E-state index is 0.118. The fourth-order valence-corrected chi connectivity index (χ4v) is 1.11. The summed E-state index contributed by atoms with van der Waals surface area (Å²) in [5.41, 5.74) is 3.48. The summed E-state index contributed by atoms with van der Waals surface area (Å²) in [6.07, 6.45) is 2.66. The number of rotatable bonds is 0. The molecule has 5 nitrogen and oxygen atoms in total. The zero-order valence-electron chi connectivity index (χ0n) is 7.85. The van der Waals surface area contributed by atoms with Crippen LogP contribution in [0.1, 0.15) is 32.1 Å². The highest BCUT2D eigenvalue weighted by atomic mass is 19.3. The molecule has 0 saturated heterocycles. The molecule has 1 aliphatic rings. The predicted octanol–water partition coefficient (Wildman–Crippen LogP) is 0.619. The summed E-state index contributed by atoms with van der Waals surface area (Å²) in [5.74, 6) is 6.76. The molecule has 1 aliphatic carbocycles. The Morgan fingerprint density at radius 1 is 1.07 bits per heavy atom. The molecule has 0 aromatic heterocycles. The average molecular weight is 210 g/mol. The van der Waals surface area contributed by atoms with Crippen molar-refractivity contribution in [2.24, 2.45) is 11.7 Å². The maximum atomic E-state index is 12.2. The number of amides is 2. The van der Waals surface area contributed by atoms with Crippen LogP contribution in [0.3, 0.4) is 0 Å². The smallest absolute Gasteiger partial charge is 0.275 e. The molecular formula is C7H16F2N4O. The van der Waals surface area contributed by atoms with Gasteiger partial charge in [0, 0.05) is 12.8 Å². The van der Waals surface area contributed by atoms with Crippen LogP contribution in [0.2, 0.25) is 0 Å². The van der Waals surface area contributed by atoms with E-state index in [1.54, 1.807) is 10.9 Å². The number of nitrogens with two attached hydrogens (primary N) is 2. The predicted molar refractivity (Wildman–Crippen MR) is 48.1 cm³/mol. The standard InChI is InChI=1S/C6H10F2.CH6N4O/c7-6(8)4-2-1-3-5-6;2-4-1(6)5-3/h1-5H2;2-3H2,(H2,4,5,6). The SMILES string of the molecule is FC1(F)CCCCC1.NNC(=O)NN. The van der Waals surface area contributed by atoms with Crippen LogP contribution in [-0.2, 0) is 0 Å². The highest BCUT2D eigenvalue weighted by Crippen LogP contribution is 2.32. The third-order valence-electron chi connectivity index (χ3n) is 1.85. The summed E-state index contributed by atoms with van der Waals surface area (Å²) in [7, 11) is 0. The van der Waals surface area contributed by atoms with Crippen LogP contribution in [0.25, 0.3) is 0 Å². The molecule has 0 aromatic carbocycles. The molecule has 0 aromatic rings. The number of carbonyl (C=O) groups excluding carboxylic acids is 1. The first kappa shape index (κ1) is 13.1. The zero-order chi connectivity index (χ0) is 11.0. The summed E-state index contributed by atoms with van der Waals surface area (Å²) in [4.78, 5) is 9.71. The second-order valence-corrected chi connectivity index (χ2v) is 3.03. The number of hydrogen-bond acceptors (Lipinski definition) is 3. The largest absolute Gasteiger partial charge is 0.343 e. The molecule has 0 spiro atoms. The fraction of sp³-hybridized carbons (Fsp3) is 0.857. The van der Waals surface area contributed by atoms with E-state index < -0.39 is 12.0 Å². The maximum Gasteiger partial charge on any atom is 0.343 e. The Labute approximate surface area is 81.1 Å². The monoisotopic (exact) mass is 210 g/mol. The van der Waals surface area contributed by atoms with E-state index in [0.717, 1.165) is 6.42 Å². The Morgan fingerprint density at radius 3 is 1.64 bits per heavy atom. The van der Waals surface area contributed by atoms with E-state index in [1.165, 1.54) is 0 Å². The number of alkyl halides is 2. The third kappa shape index (κ3) is 6.55. The van der Waals surface area contributed by atoms with Gasteiger partial charge in [0.2, 0.25) is 5.92 Å². The fourth-order valence-electron chi connectivity index (χ4n) is 1.11. The Hall–Kier alpha value is -0.950. The normalized spacial score (nSPS) is 18.9. The lowest BCUT2D eigenvalue weighted by Crippen LogP contribution is -2.43. The van der Waals surface area contributed by atoms with Crippen molar-refractivity contribution in [1.29, 1.82) is 0 Å². The van der Waals surface area contributed by atoms with Gasteiger partial charge < -0.3 is 0 Å². The van der Waals surface area contributed by atoms with Crippen molar-refractivity contribution < 1.29 is 13.6 Å². The van der Waals surface area contributed by atoms with Crippen LogP contribution in [0, 0.1) is 0 Å². The molecule has 1 fully saturated rings. The molecule has 2 amide bonds. The lowest BCUT2D eigenvalue weighted by molar-refractivity contribution is -0.0337. The summed E-state index contributed by atoms with van der Waals surface area (Å²) in [5, 5.41) is 0. The molecule has 0 aliphatic heterocycles. The first-order valence-corrected chi connectivity index (χ1v) is 4.37. The molecule has 6 N–H and O–H groups in total. The van der Waals surface area contributed by atoms with Crippen LogP contribution in [0.5, 0.6) is 0 Å². The minimum atomic E-state index is -2.32. The second-order valence-electron chi connectivity index (χ2n) is 3.03. The molecular weight excluding hydrogens is 194 g/mol. The van der Waals surface area contributed by atoms with E-state index >= 15 is 0 Å². The van der Waals surface area contributed by atoms with E-state index in [4.69, 9.17) is 0 Å². The van der Waals surface area contributed by atoms with E-state index in [9.17, 15) is 13.6 Å². The van der Waals surface area contributed by atoms with Crippen molar-refractivity contribution in [2.75, 3.05) is 0 Å². The number of urea groups is 1. The van der Waals surface area contributed by atoms with Crippen molar-refractivity contribution >= 4 is 6.03 Å². The van der Waals surface area contributed by atoms with Gasteiger partial charge in [-0.3, -0.25) is 10.9 Å².